The van der Waals surface area contributed by atoms with Crippen LogP contribution in [0.2, 0.25) is 5.02 Å². The number of nitrogens with one attached hydrogen (secondary N) is 1. The Morgan fingerprint density at radius 1 is 1.09 bits per heavy atom. The summed E-state index contributed by atoms with van der Waals surface area (Å²) in [4.78, 5) is 30.1. The molecule has 6 nitrogen and oxygen atoms in total. The van der Waals surface area contributed by atoms with E-state index < -0.39 is 0 Å². The largest absolute Gasteiger partial charge is 0.482 e. The van der Waals surface area contributed by atoms with Crippen molar-refractivity contribution in [3.05, 3.63) is 98.3 Å². The summed E-state index contributed by atoms with van der Waals surface area (Å²) in [6.45, 7) is -0.169. The summed E-state index contributed by atoms with van der Waals surface area (Å²) in [6, 6.07) is 21.9. The molecule has 2 aromatic heterocycles. The number of amides is 1. The molecule has 0 spiro atoms. The highest BCUT2D eigenvalue weighted by Gasteiger charge is 2.11. The Bertz CT molecular complexity index is 1560. The van der Waals surface area contributed by atoms with Crippen LogP contribution in [-0.4, -0.2) is 21.9 Å². The Morgan fingerprint density at radius 3 is 2.69 bits per heavy atom. The quantitative estimate of drug-likeness (QED) is 0.427. The minimum atomic E-state index is -0.284. The molecule has 0 atom stereocenters. The summed E-state index contributed by atoms with van der Waals surface area (Å²) < 4.78 is 7.73. The second kappa shape index (κ2) is 8.45. The van der Waals surface area contributed by atoms with E-state index in [4.69, 9.17) is 16.3 Å². The fourth-order valence-corrected chi connectivity index (χ4v) is 4.58. The van der Waals surface area contributed by atoms with E-state index in [1.54, 1.807) is 40.8 Å². The van der Waals surface area contributed by atoms with Crippen LogP contribution in [-0.2, 0) is 4.79 Å². The van der Waals surface area contributed by atoms with Crippen molar-refractivity contribution < 1.29 is 9.53 Å². The molecule has 5 aromatic rings. The molecule has 158 valence electrons. The lowest BCUT2D eigenvalue weighted by molar-refractivity contribution is -0.118. The third kappa shape index (κ3) is 3.95. The van der Waals surface area contributed by atoms with Gasteiger partial charge in [-0.1, -0.05) is 59.3 Å². The molecular weight excluding hydrogens is 446 g/mol. The van der Waals surface area contributed by atoms with Gasteiger partial charge in [0.25, 0.3) is 11.5 Å². The molecule has 0 bridgehead atoms. The summed E-state index contributed by atoms with van der Waals surface area (Å²) in [5.74, 6) is 0.106. The summed E-state index contributed by atoms with van der Waals surface area (Å²) in [7, 11) is 0. The zero-order chi connectivity index (χ0) is 22.1. The van der Waals surface area contributed by atoms with Crippen molar-refractivity contribution in [1.82, 2.24) is 9.38 Å². The first kappa shape index (κ1) is 20.2. The maximum absolute atomic E-state index is 12.9. The van der Waals surface area contributed by atoms with Gasteiger partial charge in [0.2, 0.25) is 0 Å². The first-order valence-electron chi connectivity index (χ1n) is 9.77. The van der Waals surface area contributed by atoms with Crippen LogP contribution in [0.3, 0.4) is 0 Å². The number of hydrogen-bond donors (Lipinski definition) is 1. The highest BCUT2D eigenvalue weighted by molar-refractivity contribution is 7.15. The number of ether oxygens (including phenoxy) is 1. The normalized spacial score (nSPS) is 11.8. The SMILES string of the molecule is O=C(COc1ccc(/C=c2\sc3nc4ccccc4n3c2=O)cc1Cl)Nc1ccccc1. The summed E-state index contributed by atoms with van der Waals surface area (Å²) in [6.07, 6.45) is 1.77. The zero-order valence-corrected chi connectivity index (χ0v) is 18.2. The average Bonchev–Trinajstić information content (AvgIpc) is 3.30. The van der Waals surface area contributed by atoms with Crippen LogP contribution in [0.5, 0.6) is 5.75 Å². The van der Waals surface area contributed by atoms with E-state index in [1.807, 2.05) is 42.5 Å². The van der Waals surface area contributed by atoms with E-state index in [2.05, 4.69) is 10.3 Å². The predicted octanol–water partition coefficient (Wildman–Crippen LogP) is 4.13. The zero-order valence-electron chi connectivity index (χ0n) is 16.6. The molecule has 5 rings (SSSR count). The Kier molecular flexibility index (Phi) is 5.34. The average molecular weight is 462 g/mol. The van der Waals surface area contributed by atoms with Crippen LogP contribution in [0.25, 0.3) is 22.1 Å². The maximum atomic E-state index is 12.9. The van der Waals surface area contributed by atoms with Crippen molar-refractivity contribution >= 4 is 56.6 Å². The highest BCUT2D eigenvalue weighted by Crippen LogP contribution is 2.26. The third-order valence-corrected chi connectivity index (χ3v) is 6.08. The Balaban J connectivity index is 1.35. The molecule has 3 aromatic carbocycles. The first-order chi connectivity index (χ1) is 15.6. The van der Waals surface area contributed by atoms with Crippen LogP contribution in [0.1, 0.15) is 5.56 Å². The highest BCUT2D eigenvalue weighted by atomic mass is 35.5. The second-order valence-electron chi connectivity index (χ2n) is 7.03. The van der Waals surface area contributed by atoms with E-state index in [1.165, 1.54) is 11.3 Å². The van der Waals surface area contributed by atoms with Crippen molar-refractivity contribution in [2.45, 2.75) is 0 Å². The topological polar surface area (TPSA) is 72.7 Å². The number of rotatable bonds is 5. The van der Waals surface area contributed by atoms with E-state index >= 15 is 0 Å². The molecule has 0 aliphatic rings. The maximum Gasteiger partial charge on any atom is 0.274 e. The number of fused-ring (bicyclic) bond motifs is 3. The molecule has 0 radical (unpaired) electrons. The number of halogens is 1. The van der Waals surface area contributed by atoms with Gasteiger partial charge in [-0.15, -0.1) is 0 Å². The third-order valence-electron chi connectivity index (χ3n) is 4.82. The van der Waals surface area contributed by atoms with E-state index in [0.29, 0.717) is 26.0 Å². The van der Waals surface area contributed by atoms with Crippen LogP contribution in [0.4, 0.5) is 5.69 Å². The Labute approximate surface area is 191 Å². The van der Waals surface area contributed by atoms with Crippen LogP contribution < -0.4 is 20.1 Å². The number of thiazole rings is 1. The van der Waals surface area contributed by atoms with Gasteiger partial charge in [-0.25, -0.2) is 9.38 Å². The summed E-state index contributed by atoms with van der Waals surface area (Å²) in [5, 5.41) is 3.10. The Morgan fingerprint density at radius 2 is 1.88 bits per heavy atom. The molecule has 1 amide bonds. The van der Waals surface area contributed by atoms with Crippen LogP contribution in [0.15, 0.2) is 77.6 Å². The van der Waals surface area contributed by atoms with Gasteiger partial charge >= 0.3 is 0 Å². The molecule has 0 aliphatic carbocycles. The van der Waals surface area contributed by atoms with Gasteiger partial charge in [0, 0.05) is 5.69 Å². The molecule has 0 aliphatic heterocycles. The van der Waals surface area contributed by atoms with Gasteiger partial charge in [0.15, 0.2) is 11.6 Å². The van der Waals surface area contributed by atoms with Gasteiger partial charge in [-0.05, 0) is 48.0 Å². The molecule has 0 saturated carbocycles. The number of aromatic nitrogens is 2. The van der Waals surface area contributed by atoms with Crippen molar-refractivity contribution in [2.24, 2.45) is 0 Å². The number of nitrogens with zero attached hydrogens (tertiary/aromatic N) is 2. The molecule has 32 heavy (non-hydrogen) atoms. The number of carbonyl (C=O) groups is 1. The number of benzene rings is 3. The van der Waals surface area contributed by atoms with Gasteiger partial charge in [-0.3, -0.25) is 9.59 Å². The van der Waals surface area contributed by atoms with Crippen molar-refractivity contribution in [2.75, 3.05) is 11.9 Å². The predicted molar refractivity (Wildman–Crippen MR) is 128 cm³/mol. The number of anilines is 1. The van der Waals surface area contributed by atoms with Gasteiger partial charge in [0.05, 0.1) is 20.6 Å². The van der Waals surface area contributed by atoms with E-state index in [-0.39, 0.29) is 18.1 Å². The first-order valence-corrected chi connectivity index (χ1v) is 11.0. The Hall–Kier alpha value is -3.68. The smallest absolute Gasteiger partial charge is 0.274 e. The van der Waals surface area contributed by atoms with Gasteiger partial charge in [0.1, 0.15) is 5.75 Å². The van der Waals surface area contributed by atoms with Gasteiger partial charge in [-0.2, -0.15) is 0 Å². The van der Waals surface area contributed by atoms with Crippen LogP contribution >= 0.6 is 22.9 Å². The summed E-state index contributed by atoms with van der Waals surface area (Å²) in [5.41, 5.74) is 2.91. The standard InChI is InChI=1S/C24H16ClN3O3S/c25-17-12-15(10-11-20(17)31-14-22(29)26-16-6-2-1-3-7-16)13-21-23(30)28-19-9-5-4-8-18(19)27-24(28)32-21/h1-13H,14H2,(H,26,29)/b21-13-. The van der Waals surface area contributed by atoms with E-state index in [0.717, 1.165) is 16.6 Å². The number of hydrogen-bond acceptors (Lipinski definition) is 5. The molecule has 0 saturated heterocycles. The lowest BCUT2D eigenvalue weighted by Crippen LogP contribution is -2.22. The van der Waals surface area contributed by atoms with Crippen molar-refractivity contribution in [1.29, 1.82) is 0 Å². The number of carbonyl (C=O) groups excluding carboxylic acids is 1. The monoisotopic (exact) mass is 461 g/mol. The number of imidazole rings is 1. The van der Waals surface area contributed by atoms with Crippen LogP contribution in [0, 0.1) is 0 Å². The molecule has 2 heterocycles. The number of para-hydroxylation sites is 3. The summed E-state index contributed by atoms with van der Waals surface area (Å²) >= 11 is 7.67. The van der Waals surface area contributed by atoms with Gasteiger partial charge < -0.3 is 10.1 Å². The minimum Gasteiger partial charge on any atom is -0.482 e. The molecular formula is C24H16ClN3O3S. The molecule has 1 N–H and O–H groups in total. The lowest BCUT2D eigenvalue weighted by Gasteiger charge is -2.09. The van der Waals surface area contributed by atoms with Crippen molar-refractivity contribution in [3.63, 3.8) is 0 Å². The lowest BCUT2D eigenvalue weighted by atomic mass is 10.2. The molecule has 0 unspecified atom stereocenters. The second-order valence-corrected chi connectivity index (χ2v) is 8.44. The fourth-order valence-electron chi connectivity index (χ4n) is 3.35. The molecule has 0 fully saturated rings. The van der Waals surface area contributed by atoms with E-state index in [9.17, 15) is 9.59 Å². The minimum absolute atomic E-state index is 0.118. The van der Waals surface area contributed by atoms with Crippen molar-refractivity contribution in [3.8, 4) is 5.75 Å². The molecule has 8 heteroatoms. The fraction of sp³-hybridized carbons (Fsp3) is 0.0417.